The zero-order chi connectivity index (χ0) is 28.0. The predicted octanol–water partition coefficient (Wildman–Crippen LogP) is 2.64. The van der Waals surface area contributed by atoms with Crippen LogP contribution in [0, 0.1) is 11.8 Å². The van der Waals surface area contributed by atoms with Crippen LogP contribution >= 0.6 is 0 Å². The van der Waals surface area contributed by atoms with Crippen LogP contribution in [-0.4, -0.2) is 60.3 Å². The Morgan fingerprint density at radius 3 is 2.33 bits per heavy atom. The van der Waals surface area contributed by atoms with Crippen molar-refractivity contribution in [1.82, 2.24) is 21.3 Å². The normalized spacial score (nSPS) is 21.0. The Hall–Kier alpha value is -3.34. The number of ether oxygens (including phenoxy) is 1. The second-order valence-electron chi connectivity index (χ2n) is 10.6. The van der Waals surface area contributed by atoms with Gasteiger partial charge in [-0.3, -0.25) is 4.79 Å². The Morgan fingerprint density at radius 2 is 1.67 bits per heavy atom. The average Bonchev–Trinajstić information content (AvgIpc) is 3.54. The molecule has 0 saturated heterocycles. The number of benzene rings is 1. The van der Waals surface area contributed by atoms with Crippen LogP contribution in [-0.2, 0) is 20.9 Å². The number of nitrogens with two attached hydrogens (primary N) is 1. The van der Waals surface area contributed by atoms with Crippen molar-refractivity contribution in [2.24, 2.45) is 17.6 Å². The molecule has 3 unspecified atom stereocenters. The van der Waals surface area contributed by atoms with E-state index in [2.05, 4.69) is 21.3 Å². The first-order chi connectivity index (χ1) is 18.9. The standard InChI is InChI=1S/C28H43N5O6/c29-14-6-4-11-23(26(35)36)33-27(37)32-22(25(34)31-24-17-20-12-13-21(24)16-20)10-5-7-15-30-28(38)39-18-19-8-2-1-3-9-19/h1-3,8-9,20-24H,4-7,10-18,29H2,(H,30,38)(H,31,34)(H,35,36)(H2,32,33,37)/t20-,21?,22-,23?,24?/m1/s1. The fourth-order valence-corrected chi connectivity index (χ4v) is 5.52. The summed E-state index contributed by atoms with van der Waals surface area (Å²) in [5.74, 6) is -0.241. The number of carboxylic acids is 1. The molecule has 2 fully saturated rings. The molecule has 11 heteroatoms. The number of carbonyl (C=O) groups excluding carboxylic acids is 3. The topological polar surface area (TPSA) is 172 Å². The average molecular weight is 546 g/mol. The first kappa shape index (κ1) is 30.2. The van der Waals surface area contributed by atoms with Crippen LogP contribution in [0.15, 0.2) is 30.3 Å². The van der Waals surface area contributed by atoms with Crippen molar-refractivity contribution in [1.29, 1.82) is 0 Å². The summed E-state index contributed by atoms with van der Waals surface area (Å²) >= 11 is 0. The summed E-state index contributed by atoms with van der Waals surface area (Å²) in [5.41, 5.74) is 6.38. The summed E-state index contributed by atoms with van der Waals surface area (Å²) in [5, 5.41) is 20.5. The highest BCUT2D eigenvalue weighted by molar-refractivity contribution is 5.89. The van der Waals surface area contributed by atoms with Crippen molar-refractivity contribution >= 4 is 24.0 Å². The lowest BCUT2D eigenvalue weighted by molar-refractivity contribution is -0.139. The number of aliphatic carboxylic acids is 1. The van der Waals surface area contributed by atoms with Crippen LogP contribution in [0.2, 0.25) is 0 Å². The van der Waals surface area contributed by atoms with Gasteiger partial charge in [-0.2, -0.15) is 0 Å². The number of urea groups is 1. The molecule has 2 bridgehead atoms. The number of carbonyl (C=O) groups is 4. The van der Waals surface area contributed by atoms with Gasteiger partial charge in [0.25, 0.3) is 0 Å². The molecular weight excluding hydrogens is 502 g/mol. The first-order valence-electron chi connectivity index (χ1n) is 14.1. The maximum Gasteiger partial charge on any atom is 0.407 e. The number of nitrogens with one attached hydrogen (secondary N) is 4. The smallest absolute Gasteiger partial charge is 0.407 e. The molecule has 1 aromatic carbocycles. The fraction of sp³-hybridized carbons (Fsp3) is 0.643. The second-order valence-corrected chi connectivity index (χ2v) is 10.6. The summed E-state index contributed by atoms with van der Waals surface area (Å²) in [6, 6.07) is 6.94. The van der Waals surface area contributed by atoms with E-state index in [1.165, 1.54) is 6.42 Å². The molecule has 11 nitrogen and oxygen atoms in total. The summed E-state index contributed by atoms with van der Waals surface area (Å²) in [6.45, 7) is 0.993. The molecule has 2 aliphatic rings. The minimum Gasteiger partial charge on any atom is -0.480 e. The van der Waals surface area contributed by atoms with Crippen molar-refractivity contribution in [3.05, 3.63) is 35.9 Å². The SMILES string of the molecule is NCCCCC(NC(=O)N[C@H](CCCCNC(=O)OCc1ccccc1)C(=O)NC1C[C@@H]2CCC1C2)C(=O)O. The lowest BCUT2D eigenvalue weighted by Gasteiger charge is -2.26. The molecule has 2 saturated carbocycles. The van der Waals surface area contributed by atoms with E-state index in [1.807, 2.05) is 30.3 Å². The van der Waals surface area contributed by atoms with Crippen molar-refractivity contribution in [2.75, 3.05) is 13.1 Å². The Kier molecular flexibility index (Phi) is 12.3. The largest absolute Gasteiger partial charge is 0.480 e. The summed E-state index contributed by atoms with van der Waals surface area (Å²) in [4.78, 5) is 49.4. The van der Waals surface area contributed by atoms with E-state index in [0.29, 0.717) is 57.0 Å². The number of rotatable bonds is 16. The first-order valence-corrected chi connectivity index (χ1v) is 14.1. The second kappa shape index (κ2) is 15.9. The van der Waals surface area contributed by atoms with Gasteiger partial charge in [0.2, 0.25) is 5.91 Å². The highest BCUT2D eigenvalue weighted by atomic mass is 16.5. The third kappa shape index (κ3) is 10.4. The molecule has 0 aliphatic heterocycles. The van der Waals surface area contributed by atoms with E-state index in [1.54, 1.807) is 0 Å². The quantitative estimate of drug-likeness (QED) is 0.173. The van der Waals surface area contributed by atoms with Crippen molar-refractivity contribution in [3.63, 3.8) is 0 Å². The molecule has 2 aliphatic carbocycles. The van der Waals surface area contributed by atoms with Gasteiger partial charge in [-0.25, -0.2) is 14.4 Å². The number of unbranched alkanes of at least 4 members (excludes halogenated alkanes) is 2. The zero-order valence-corrected chi connectivity index (χ0v) is 22.5. The molecule has 1 aromatic rings. The molecule has 39 heavy (non-hydrogen) atoms. The van der Waals surface area contributed by atoms with Crippen LogP contribution in [0.3, 0.4) is 0 Å². The molecule has 0 radical (unpaired) electrons. The number of carboxylic acid groups (broad SMARTS) is 1. The van der Waals surface area contributed by atoms with Gasteiger partial charge in [-0.15, -0.1) is 0 Å². The molecule has 5 atom stereocenters. The molecule has 0 aromatic heterocycles. The van der Waals surface area contributed by atoms with E-state index in [9.17, 15) is 24.3 Å². The van der Waals surface area contributed by atoms with Gasteiger partial charge in [-0.05, 0) is 81.7 Å². The van der Waals surface area contributed by atoms with Crippen LogP contribution in [0.1, 0.15) is 69.8 Å². The van der Waals surface area contributed by atoms with E-state index in [-0.39, 0.29) is 25.0 Å². The third-order valence-corrected chi connectivity index (χ3v) is 7.64. The maximum atomic E-state index is 13.2. The number of hydrogen-bond donors (Lipinski definition) is 6. The van der Waals surface area contributed by atoms with Crippen LogP contribution in [0.5, 0.6) is 0 Å². The number of amides is 4. The molecule has 7 N–H and O–H groups in total. The van der Waals surface area contributed by atoms with Gasteiger partial charge >= 0.3 is 18.1 Å². The lowest BCUT2D eigenvalue weighted by Crippen LogP contribution is -2.55. The highest BCUT2D eigenvalue weighted by Gasteiger charge is 2.40. The Balaban J connectivity index is 1.45. The maximum absolute atomic E-state index is 13.2. The van der Waals surface area contributed by atoms with E-state index in [0.717, 1.165) is 24.8 Å². The van der Waals surface area contributed by atoms with Crippen molar-refractivity contribution < 1.29 is 29.0 Å². The minimum absolute atomic E-state index is 0.118. The summed E-state index contributed by atoms with van der Waals surface area (Å²) < 4.78 is 5.20. The van der Waals surface area contributed by atoms with Gasteiger partial charge in [0.1, 0.15) is 18.7 Å². The predicted molar refractivity (Wildman–Crippen MR) is 146 cm³/mol. The van der Waals surface area contributed by atoms with Crippen molar-refractivity contribution in [3.8, 4) is 0 Å². The van der Waals surface area contributed by atoms with Gasteiger partial charge in [-0.1, -0.05) is 36.8 Å². The third-order valence-electron chi connectivity index (χ3n) is 7.64. The van der Waals surface area contributed by atoms with Crippen molar-refractivity contribution in [2.45, 2.75) is 88.9 Å². The zero-order valence-electron chi connectivity index (χ0n) is 22.5. The van der Waals surface area contributed by atoms with Gasteiger partial charge in [0, 0.05) is 12.6 Å². The molecule has 216 valence electrons. The van der Waals surface area contributed by atoms with Crippen LogP contribution in [0.25, 0.3) is 0 Å². The molecule has 3 rings (SSSR count). The lowest BCUT2D eigenvalue weighted by atomic mass is 9.95. The molecular formula is C28H43N5O6. The molecule has 4 amide bonds. The number of alkyl carbamates (subject to hydrolysis) is 1. The van der Waals surface area contributed by atoms with Crippen LogP contribution < -0.4 is 27.0 Å². The molecule has 0 spiro atoms. The van der Waals surface area contributed by atoms with E-state index >= 15 is 0 Å². The Morgan fingerprint density at radius 1 is 0.949 bits per heavy atom. The fourth-order valence-electron chi connectivity index (χ4n) is 5.52. The van der Waals surface area contributed by atoms with E-state index in [4.69, 9.17) is 10.5 Å². The van der Waals surface area contributed by atoms with E-state index < -0.39 is 30.2 Å². The molecule has 0 heterocycles. The monoisotopic (exact) mass is 545 g/mol. The van der Waals surface area contributed by atoms with Gasteiger partial charge in [0.05, 0.1) is 0 Å². The minimum atomic E-state index is -1.13. The highest BCUT2D eigenvalue weighted by Crippen LogP contribution is 2.44. The number of hydrogen-bond acceptors (Lipinski definition) is 6. The van der Waals surface area contributed by atoms with Crippen LogP contribution in [0.4, 0.5) is 9.59 Å². The van der Waals surface area contributed by atoms with Gasteiger partial charge < -0.3 is 36.8 Å². The number of fused-ring (bicyclic) bond motifs is 2. The summed E-state index contributed by atoms with van der Waals surface area (Å²) in [6.07, 6.45) is 6.90. The van der Waals surface area contributed by atoms with Gasteiger partial charge in [0.15, 0.2) is 0 Å². The Bertz CT molecular complexity index is 946. The Labute approximate surface area is 230 Å². The summed E-state index contributed by atoms with van der Waals surface area (Å²) in [7, 11) is 0.